The van der Waals surface area contributed by atoms with E-state index in [0.717, 1.165) is 5.69 Å². The van der Waals surface area contributed by atoms with Crippen LogP contribution in [0.1, 0.15) is 37.0 Å². The normalized spacial score (nSPS) is 10.6. The topological polar surface area (TPSA) is 76.5 Å². The Morgan fingerprint density at radius 3 is 2.44 bits per heavy atom. The Morgan fingerprint density at radius 1 is 1.06 bits per heavy atom. The summed E-state index contributed by atoms with van der Waals surface area (Å²) in [5, 5.41) is 7.79. The first-order chi connectivity index (χ1) is 15.5. The number of benzene rings is 2. The summed E-state index contributed by atoms with van der Waals surface area (Å²) in [5.41, 5.74) is 1.11. The lowest BCUT2D eigenvalue weighted by atomic mass is 10.2. The first kappa shape index (κ1) is 23.3. The summed E-state index contributed by atoms with van der Waals surface area (Å²) in [6.07, 6.45) is 2.23. The molecule has 1 aromatic heterocycles. The Balaban J connectivity index is 1.71. The molecule has 32 heavy (non-hydrogen) atoms. The van der Waals surface area contributed by atoms with E-state index in [1.807, 2.05) is 56.3 Å². The van der Waals surface area contributed by atoms with Gasteiger partial charge in [0.15, 0.2) is 0 Å². The van der Waals surface area contributed by atoms with E-state index < -0.39 is 0 Å². The second-order valence-corrected chi connectivity index (χ2v) is 7.47. The van der Waals surface area contributed by atoms with Crippen molar-refractivity contribution in [1.82, 2.24) is 14.7 Å². The number of halogens is 1. The molecule has 8 heteroatoms. The number of hydrogen-bond acceptors (Lipinski definition) is 4. The molecule has 0 saturated carbocycles. The van der Waals surface area contributed by atoms with Gasteiger partial charge in [0.25, 0.3) is 5.91 Å². The zero-order valence-electron chi connectivity index (χ0n) is 18.3. The summed E-state index contributed by atoms with van der Waals surface area (Å²) < 4.78 is 7.23. The van der Waals surface area contributed by atoms with Gasteiger partial charge in [-0.25, -0.2) is 4.68 Å². The van der Waals surface area contributed by atoms with Crippen molar-refractivity contribution in [3.8, 4) is 11.4 Å². The van der Waals surface area contributed by atoms with Crippen LogP contribution < -0.4 is 10.1 Å². The Hall–Kier alpha value is -3.32. The third kappa shape index (κ3) is 5.68. The molecule has 1 N–H and O–H groups in total. The Kier molecular flexibility index (Phi) is 8.27. The van der Waals surface area contributed by atoms with Crippen LogP contribution in [0.25, 0.3) is 5.69 Å². The highest BCUT2D eigenvalue weighted by atomic mass is 35.5. The molecule has 0 aliphatic rings. The fourth-order valence-electron chi connectivity index (χ4n) is 3.24. The summed E-state index contributed by atoms with van der Waals surface area (Å²) in [5.74, 6) is 0.558. The number of anilines is 1. The Morgan fingerprint density at radius 2 is 1.75 bits per heavy atom. The van der Waals surface area contributed by atoms with Crippen molar-refractivity contribution in [2.75, 3.05) is 25.0 Å². The molecule has 2 amide bonds. The molecule has 1 heterocycles. The zero-order valence-corrected chi connectivity index (χ0v) is 19.0. The molecule has 168 valence electrons. The second-order valence-electron chi connectivity index (χ2n) is 7.06. The average molecular weight is 455 g/mol. The van der Waals surface area contributed by atoms with Gasteiger partial charge in [0.2, 0.25) is 5.91 Å². The van der Waals surface area contributed by atoms with Crippen LogP contribution in [-0.4, -0.2) is 46.2 Å². The lowest BCUT2D eigenvalue weighted by Crippen LogP contribution is -2.31. The molecule has 0 unspecified atom stereocenters. The fourth-order valence-corrected chi connectivity index (χ4v) is 3.43. The molecule has 0 radical (unpaired) electrons. The van der Waals surface area contributed by atoms with Crippen molar-refractivity contribution < 1.29 is 14.3 Å². The van der Waals surface area contributed by atoms with Crippen molar-refractivity contribution in [2.24, 2.45) is 0 Å². The van der Waals surface area contributed by atoms with Gasteiger partial charge in [0.05, 0.1) is 23.5 Å². The molecule has 3 rings (SSSR count). The van der Waals surface area contributed by atoms with Crippen LogP contribution in [0.15, 0.2) is 60.8 Å². The van der Waals surface area contributed by atoms with Crippen LogP contribution in [0, 0.1) is 0 Å². The van der Waals surface area contributed by atoms with E-state index in [9.17, 15) is 9.59 Å². The average Bonchev–Trinajstić information content (AvgIpc) is 3.22. The molecular formula is C24H27ClN4O3. The maximum Gasteiger partial charge on any atom is 0.259 e. The molecule has 3 aromatic rings. The van der Waals surface area contributed by atoms with Gasteiger partial charge in [0.1, 0.15) is 17.1 Å². The van der Waals surface area contributed by atoms with E-state index >= 15 is 0 Å². The van der Waals surface area contributed by atoms with E-state index in [-0.39, 0.29) is 18.2 Å². The highest BCUT2D eigenvalue weighted by Crippen LogP contribution is 2.24. The van der Waals surface area contributed by atoms with Crippen LogP contribution in [0.4, 0.5) is 5.82 Å². The summed E-state index contributed by atoms with van der Waals surface area (Å²) >= 11 is 6.08. The van der Waals surface area contributed by atoms with Gasteiger partial charge < -0.3 is 15.0 Å². The zero-order chi connectivity index (χ0) is 22.9. The number of aromatic nitrogens is 2. The Bertz CT molecular complexity index is 1050. The van der Waals surface area contributed by atoms with Crippen LogP contribution in [0.3, 0.4) is 0 Å². The van der Waals surface area contributed by atoms with Crippen molar-refractivity contribution in [3.63, 3.8) is 0 Å². The maximum atomic E-state index is 13.0. The number of hydrogen-bond donors (Lipinski definition) is 1. The molecule has 0 aliphatic carbocycles. The monoisotopic (exact) mass is 454 g/mol. The summed E-state index contributed by atoms with van der Waals surface area (Å²) in [6.45, 7) is 5.32. The van der Waals surface area contributed by atoms with Crippen LogP contribution in [0.5, 0.6) is 5.75 Å². The summed E-state index contributed by atoms with van der Waals surface area (Å²) in [4.78, 5) is 27.4. The van der Waals surface area contributed by atoms with Gasteiger partial charge >= 0.3 is 0 Å². The molecule has 0 aliphatic heterocycles. The highest BCUT2D eigenvalue weighted by molar-refractivity contribution is 6.32. The van der Waals surface area contributed by atoms with Crippen LogP contribution in [0.2, 0.25) is 5.02 Å². The third-order valence-corrected chi connectivity index (χ3v) is 5.26. The van der Waals surface area contributed by atoms with E-state index in [4.69, 9.17) is 16.3 Å². The first-order valence-corrected chi connectivity index (χ1v) is 11.0. The molecule has 0 spiro atoms. The number of carbonyl (C=O) groups is 2. The SMILES string of the molecule is CCN(CC)C(=O)c1cnn(-c2ccccc2)c1NC(=O)CCCOc1ccccc1Cl. The smallest absolute Gasteiger partial charge is 0.259 e. The van der Waals surface area contributed by atoms with Crippen molar-refractivity contribution in [1.29, 1.82) is 0 Å². The fraction of sp³-hybridized carbons (Fsp3) is 0.292. The molecule has 0 fully saturated rings. The molecule has 0 saturated heterocycles. The largest absolute Gasteiger partial charge is 0.492 e. The van der Waals surface area contributed by atoms with Gasteiger partial charge in [-0.15, -0.1) is 0 Å². The minimum absolute atomic E-state index is 0.172. The van der Waals surface area contributed by atoms with Crippen molar-refractivity contribution in [2.45, 2.75) is 26.7 Å². The quantitative estimate of drug-likeness (QED) is 0.446. The van der Waals surface area contributed by atoms with Crippen LogP contribution in [-0.2, 0) is 4.79 Å². The second kappa shape index (κ2) is 11.3. The molecule has 7 nitrogen and oxygen atoms in total. The van der Waals surface area contributed by atoms with E-state index in [0.29, 0.717) is 48.3 Å². The van der Waals surface area contributed by atoms with Gasteiger partial charge in [-0.05, 0) is 44.5 Å². The molecular weight excluding hydrogens is 428 g/mol. The lowest BCUT2D eigenvalue weighted by Gasteiger charge is -2.19. The predicted octanol–water partition coefficient (Wildman–Crippen LogP) is 4.81. The number of rotatable bonds is 10. The van der Waals surface area contributed by atoms with E-state index in [2.05, 4.69) is 10.4 Å². The predicted molar refractivity (Wildman–Crippen MR) is 126 cm³/mol. The molecule has 0 bridgehead atoms. The Labute approximate surface area is 192 Å². The minimum atomic E-state index is -0.223. The summed E-state index contributed by atoms with van der Waals surface area (Å²) in [6, 6.07) is 16.6. The minimum Gasteiger partial charge on any atom is -0.492 e. The molecule has 2 aromatic carbocycles. The van der Waals surface area contributed by atoms with E-state index in [1.54, 1.807) is 21.7 Å². The number of amides is 2. The first-order valence-electron chi connectivity index (χ1n) is 10.6. The lowest BCUT2D eigenvalue weighted by molar-refractivity contribution is -0.116. The van der Waals surface area contributed by atoms with Gasteiger partial charge in [-0.2, -0.15) is 5.10 Å². The van der Waals surface area contributed by atoms with Crippen molar-refractivity contribution in [3.05, 3.63) is 71.4 Å². The number of para-hydroxylation sites is 2. The van der Waals surface area contributed by atoms with Gasteiger partial charge in [0, 0.05) is 19.5 Å². The summed E-state index contributed by atoms with van der Waals surface area (Å²) in [7, 11) is 0. The maximum absolute atomic E-state index is 13.0. The van der Waals surface area contributed by atoms with Gasteiger partial charge in [-0.1, -0.05) is 41.9 Å². The van der Waals surface area contributed by atoms with E-state index in [1.165, 1.54) is 6.20 Å². The standard InChI is InChI=1S/C24H27ClN4O3/c1-3-28(4-2)24(31)19-17-26-29(18-11-6-5-7-12-18)23(19)27-22(30)15-10-16-32-21-14-9-8-13-20(21)25/h5-9,11-14,17H,3-4,10,15-16H2,1-2H3,(H,27,30). The van der Waals surface area contributed by atoms with Crippen LogP contribution >= 0.6 is 11.6 Å². The number of ether oxygens (including phenoxy) is 1. The molecule has 0 atom stereocenters. The third-order valence-electron chi connectivity index (χ3n) is 4.95. The highest BCUT2D eigenvalue weighted by Gasteiger charge is 2.23. The number of nitrogens with one attached hydrogen (secondary N) is 1. The number of nitrogens with zero attached hydrogens (tertiary/aromatic N) is 3. The van der Waals surface area contributed by atoms with Crippen molar-refractivity contribution >= 4 is 29.2 Å². The van der Waals surface area contributed by atoms with Gasteiger partial charge in [-0.3, -0.25) is 9.59 Å². The number of carbonyl (C=O) groups excluding carboxylic acids is 2.